The van der Waals surface area contributed by atoms with Gasteiger partial charge in [-0.3, -0.25) is 4.79 Å². The Morgan fingerprint density at radius 3 is 2.41 bits per heavy atom. The van der Waals surface area contributed by atoms with Crippen LogP contribution in [0, 0.1) is 34.5 Å². The van der Waals surface area contributed by atoms with Gasteiger partial charge in [-0.1, -0.05) is 93.0 Å². The number of carbonyl (C=O) groups excluding carboxylic acids is 2. The van der Waals surface area contributed by atoms with Crippen molar-refractivity contribution in [3.05, 3.63) is 36.0 Å². The lowest BCUT2D eigenvalue weighted by Gasteiger charge is -2.38. The van der Waals surface area contributed by atoms with Gasteiger partial charge in [0, 0.05) is 36.9 Å². The Labute approximate surface area is 299 Å². The normalized spacial score (nSPS) is 33.0. The zero-order chi connectivity index (χ0) is 35.9. The van der Waals surface area contributed by atoms with Crippen LogP contribution >= 0.6 is 0 Å². The number of epoxide rings is 1. The first-order valence-electron chi connectivity index (χ1n) is 19.7. The predicted molar refractivity (Wildman–Crippen MR) is 199 cm³/mol. The maximum absolute atomic E-state index is 13.5. The molecule has 0 aliphatic carbocycles. The highest BCUT2D eigenvalue weighted by Gasteiger charge is 2.46. The minimum absolute atomic E-state index is 0.0123. The van der Waals surface area contributed by atoms with Crippen LogP contribution in [-0.4, -0.2) is 78.5 Å². The van der Waals surface area contributed by atoms with Crippen LogP contribution in [0.25, 0.3) is 0 Å². The Morgan fingerprint density at radius 1 is 1.08 bits per heavy atom. The van der Waals surface area contributed by atoms with Crippen LogP contribution in [0.1, 0.15) is 127 Å². The van der Waals surface area contributed by atoms with E-state index in [1.54, 1.807) is 0 Å². The molecule has 0 spiro atoms. The average molecular weight is 683 g/mol. The minimum atomic E-state index is -0.403. The average Bonchev–Trinajstić information content (AvgIpc) is 3.57. The van der Waals surface area contributed by atoms with Gasteiger partial charge in [-0.2, -0.15) is 0 Å². The molecule has 1 amide bonds. The lowest BCUT2D eigenvalue weighted by atomic mass is 9.78. The fourth-order valence-electron chi connectivity index (χ4n) is 8.11. The number of rotatable bonds is 10. The zero-order valence-electron chi connectivity index (χ0n) is 32.7. The summed E-state index contributed by atoms with van der Waals surface area (Å²) in [5.74, 6) is 1.18. The first-order chi connectivity index (χ1) is 23.1. The van der Waals surface area contributed by atoms with Crippen LogP contribution in [0.3, 0.4) is 0 Å². The molecule has 8 atom stereocenters. The van der Waals surface area contributed by atoms with E-state index in [9.17, 15) is 9.59 Å². The van der Waals surface area contributed by atoms with E-state index < -0.39 is 6.10 Å². The number of ether oxygens (including phenoxy) is 3. The van der Waals surface area contributed by atoms with Crippen LogP contribution in [0.15, 0.2) is 36.0 Å². The molecular weight excluding hydrogens is 612 g/mol. The number of amides is 1. The fourth-order valence-corrected chi connectivity index (χ4v) is 8.11. The van der Waals surface area contributed by atoms with E-state index >= 15 is 0 Å². The Kier molecular flexibility index (Phi) is 14.1. The van der Waals surface area contributed by atoms with E-state index in [-0.39, 0.29) is 40.8 Å². The van der Waals surface area contributed by atoms with Crippen molar-refractivity contribution < 1.29 is 23.8 Å². The molecule has 4 rings (SSSR count). The van der Waals surface area contributed by atoms with Gasteiger partial charge in [0.2, 0.25) is 0 Å². The molecule has 3 saturated heterocycles. The molecule has 4 aliphatic heterocycles. The molecule has 0 radical (unpaired) electrons. The number of cyclic esters (lactones) is 1. The molecule has 0 saturated carbocycles. The fraction of sp³-hybridized carbons (Fsp3) is 0.810. The maximum atomic E-state index is 13.5. The van der Waals surface area contributed by atoms with Crippen molar-refractivity contribution in [1.82, 2.24) is 9.80 Å². The van der Waals surface area contributed by atoms with Crippen LogP contribution in [0.2, 0.25) is 0 Å². The number of nitrogens with zero attached hydrogens (tertiary/aromatic N) is 2. The molecule has 4 aliphatic rings. The van der Waals surface area contributed by atoms with Gasteiger partial charge < -0.3 is 24.0 Å². The highest BCUT2D eigenvalue weighted by Crippen LogP contribution is 2.42. The third-order valence-electron chi connectivity index (χ3n) is 12.3. The molecule has 49 heavy (non-hydrogen) atoms. The highest BCUT2D eigenvalue weighted by atomic mass is 16.6. The molecule has 0 aromatic carbocycles. The van der Waals surface area contributed by atoms with Crippen molar-refractivity contribution in [2.45, 2.75) is 157 Å². The summed E-state index contributed by atoms with van der Waals surface area (Å²) in [5.41, 5.74) is 0.714. The largest absolute Gasteiger partial charge is 0.457 e. The molecule has 4 heterocycles. The number of allylic oxidation sites excluding steroid dienone is 3. The van der Waals surface area contributed by atoms with Crippen molar-refractivity contribution in [2.24, 2.45) is 34.5 Å². The molecule has 3 fully saturated rings. The number of hydrogen-bond donors (Lipinski definition) is 0. The quantitative estimate of drug-likeness (QED) is 0.0990. The van der Waals surface area contributed by atoms with Gasteiger partial charge in [0.1, 0.15) is 12.2 Å². The van der Waals surface area contributed by atoms with Gasteiger partial charge >= 0.3 is 12.1 Å². The Morgan fingerprint density at radius 2 is 1.76 bits per heavy atom. The Hall–Kier alpha value is -2.12. The van der Waals surface area contributed by atoms with Gasteiger partial charge in [-0.25, -0.2) is 4.79 Å². The van der Waals surface area contributed by atoms with E-state index in [1.165, 1.54) is 32.4 Å². The molecule has 0 aromatic heterocycles. The monoisotopic (exact) mass is 683 g/mol. The lowest BCUT2D eigenvalue weighted by Crippen LogP contribution is -2.47. The summed E-state index contributed by atoms with van der Waals surface area (Å²) in [5, 5.41) is 0. The Balaban J connectivity index is 1.43. The summed E-state index contributed by atoms with van der Waals surface area (Å²) < 4.78 is 18.6. The summed E-state index contributed by atoms with van der Waals surface area (Å²) in [6.45, 7) is 26.0. The van der Waals surface area contributed by atoms with Crippen LogP contribution < -0.4 is 0 Å². The SMILES string of the molecule is CCC(C)C(C)C1OC1CC(C)(C)/C=C/C=C(\C)C1OC(=O)CC(C)CCC(C)(C)C(OC(=O)N2CCC(N3CCCC3)CC2)/C=C/C1C. The molecule has 8 unspecified atom stereocenters. The molecule has 0 aromatic rings. The highest BCUT2D eigenvalue weighted by molar-refractivity contribution is 5.70. The van der Waals surface area contributed by atoms with Gasteiger partial charge in [0.25, 0.3) is 0 Å². The van der Waals surface area contributed by atoms with Crippen LogP contribution in [0.4, 0.5) is 4.79 Å². The first kappa shape index (κ1) is 39.7. The van der Waals surface area contributed by atoms with E-state index in [2.05, 4.69) is 105 Å². The van der Waals surface area contributed by atoms with Crippen LogP contribution in [-0.2, 0) is 19.0 Å². The lowest BCUT2D eigenvalue weighted by molar-refractivity contribution is -0.149. The molecule has 7 heteroatoms. The summed E-state index contributed by atoms with van der Waals surface area (Å²) in [6.07, 6.45) is 19.2. The molecule has 7 nitrogen and oxygen atoms in total. The van der Waals surface area contributed by atoms with E-state index in [0.29, 0.717) is 36.5 Å². The van der Waals surface area contributed by atoms with E-state index in [0.717, 1.165) is 50.8 Å². The molecular formula is C42H70N2O5. The van der Waals surface area contributed by atoms with Crippen LogP contribution in [0.5, 0.6) is 0 Å². The van der Waals surface area contributed by atoms with Crippen molar-refractivity contribution >= 4 is 12.1 Å². The molecule has 0 N–H and O–H groups in total. The summed E-state index contributed by atoms with van der Waals surface area (Å²) in [7, 11) is 0. The van der Waals surface area contributed by atoms with Crippen molar-refractivity contribution in [3.63, 3.8) is 0 Å². The number of hydrogen-bond acceptors (Lipinski definition) is 6. The van der Waals surface area contributed by atoms with E-state index in [1.807, 2.05) is 4.90 Å². The Bertz CT molecular complexity index is 1180. The third kappa shape index (κ3) is 11.4. The smallest absolute Gasteiger partial charge is 0.410 e. The van der Waals surface area contributed by atoms with E-state index in [4.69, 9.17) is 14.2 Å². The molecule has 278 valence electrons. The minimum Gasteiger partial charge on any atom is -0.457 e. The van der Waals surface area contributed by atoms with Crippen molar-refractivity contribution in [3.8, 4) is 0 Å². The second-order valence-electron chi connectivity index (χ2n) is 17.6. The second kappa shape index (κ2) is 17.4. The van der Waals surface area contributed by atoms with Crippen molar-refractivity contribution in [1.29, 1.82) is 0 Å². The van der Waals surface area contributed by atoms with Gasteiger partial charge in [0.15, 0.2) is 0 Å². The standard InChI is InChI=1S/C42H70N2O5/c1-11-30(3)33(6)39-35(47-39)28-41(7,8)21-14-15-31(4)38-32(5)16-17-36(42(9,10)22-18-29(2)27-37(45)49-38)48-40(46)44-25-19-34(20-26-44)43-23-12-13-24-43/h14-17,21,29-30,32-36,38-39H,11-13,18-20,22-28H2,1-10H3/b17-16+,21-14+,31-15+. The van der Waals surface area contributed by atoms with Gasteiger partial charge in [0.05, 0.1) is 12.2 Å². The second-order valence-corrected chi connectivity index (χ2v) is 17.6. The summed E-state index contributed by atoms with van der Waals surface area (Å²) in [6, 6.07) is 0.589. The summed E-state index contributed by atoms with van der Waals surface area (Å²) >= 11 is 0. The first-order valence-corrected chi connectivity index (χ1v) is 19.7. The van der Waals surface area contributed by atoms with Crippen molar-refractivity contribution in [2.75, 3.05) is 26.2 Å². The number of piperidine rings is 1. The van der Waals surface area contributed by atoms with Gasteiger partial charge in [-0.05, 0) is 99.8 Å². The van der Waals surface area contributed by atoms with Gasteiger partial charge in [-0.15, -0.1) is 0 Å². The summed E-state index contributed by atoms with van der Waals surface area (Å²) in [4.78, 5) is 31.2. The number of carbonyl (C=O) groups is 2. The third-order valence-corrected chi connectivity index (χ3v) is 12.3. The predicted octanol–water partition coefficient (Wildman–Crippen LogP) is 9.37. The number of esters is 1. The molecule has 0 bridgehead atoms. The maximum Gasteiger partial charge on any atom is 0.410 e. The number of likely N-dealkylation sites (tertiary alicyclic amines) is 2. The zero-order valence-corrected chi connectivity index (χ0v) is 32.7. The topological polar surface area (TPSA) is 71.6 Å².